The molecular formula is C8H18N2. The van der Waals surface area contributed by atoms with Gasteiger partial charge in [-0.1, -0.05) is 19.9 Å². The summed E-state index contributed by atoms with van der Waals surface area (Å²) in [5.41, 5.74) is 0.993. The Bertz CT molecular complexity index is 95.4. The van der Waals surface area contributed by atoms with E-state index in [1.54, 1.807) is 0 Å². The Labute approximate surface area is 64.1 Å². The summed E-state index contributed by atoms with van der Waals surface area (Å²) in [6.07, 6.45) is 1.93. The minimum absolute atomic E-state index is 0.806. The van der Waals surface area contributed by atoms with E-state index in [0.29, 0.717) is 0 Å². The lowest BCUT2D eigenvalue weighted by atomic mass is 10.4. The summed E-state index contributed by atoms with van der Waals surface area (Å²) in [7, 11) is 1.88. The first-order valence-corrected chi connectivity index (χ1v) is 3.61. The monoisotopic (exact) mass is 142 g/mol. The SMILES string of the molecule is C=N/C(=C\C)CNC.CC. The zero-order valence-corrected chi connectivity index (χ0v) is 7.44. The molecule has 0 heterocycles. The predicted octanol–water partition coefficient (Wildman–Crippen LogP) is 1.84. The Balaban J connectivity index is 0. The highest BCUT2D eigenvalue weighted by Gasteiger charge is 1.83. The van der Waals surface area contributed by atoms with Crippen molar-refractivity contribution in [2.75, 3.05) is 13.6 Å². The molecule has 0 fully saturated rings. The molecule has 0 radical (unpaired) electrons. The van der Waals surface area contributed by atoms with Crippen molar-refractivity contribution >= 4 is 6.72 Å². The van der Waals surface area contributed by atoms with Gasteiger partial charge in [-0.3, -0.25) is 4.99 Å². The fourth-order valence-electron chi connectivity index (χ4n) is 0.430. The molecule has 2 heteroatoms. The predicted molar refractivity (Wildman–Crippen MR) is 48.6 cm³/mol. The summed E-state index contributed by atoms with van der Waals surface area (Å²) in [5, 5.41) is 2.97. The maximum Gasteiger partial charge on any atom is 0.0491 e. The lowest BCUT2D eigenvalue weighted by Gasteiger charge is -1.94. The molecule has 0 amide bonds. The van der Waals surface area contributed by atoms with Crippen molar-refractivity contribution in [1.82, 2.24) is 5.32 Å². The minimum atomic E-state index is 0.806. The zero-order chi connectivity index (χ0) is 8.41. The summed E-state index contributed by atoms with van der Waals surface area (Å²) in [6, 6.07) is 0. The summed E-state index contributed by atoms with van der Waals surface area (Å²) in [4.78, 5) is 3.74. The standard InChI is InChI=1S/C6H12N2.C2H6/c1-4-6(8-3)5-7-2;1-2/h4,7H,3,5H2,1-2H3;1-2H3/b6-4-;. The molecule has 10 heavy (non-hydrogen) atoms. The number of nitrogens with zero attached hydrogens (tertiary/aromatic N) is 1. The fourth-order valence-corrected chi connectivity index (χ4v) is 0.430. The van der Waals surface area contributed by atoms with Gasteiger partial charge in [0.15, 0.2) is 0 Å². The van der Waals surface area contributed by atoms with E-state index >= 15 is 0 Å². The molecule has 0 saturated heterocycles. The summed E-state index contributed by atoms with van der Waals surface area (Å²) < 4.78 is 0. The lowest BCUT2D eigenvalue weighted by molar-refractivity contribution is 0.871. The van der Waals surface area contributed by atoms with Crippen LogP contribution in [0.3, 0.4) is 0 Å². The Kier molecular flexibility index (Phi) is 13.5. The van der Waals surface area contributed by atoms with Gasteiger partial charge in [0.1, 0.15) is 0 Å². The molecule has 60 valence electrons. The van der Waals surface area contributed by atoms with Gasteiger partial charge in [0.2, 0.25) is 0 Å². The van der Waals surface area contributed by atoms with Crippen LogP contribution < -0.4 is 5.32 Å². The van der Waals surface area contributed by atoms with Gasteiger partial charge in [-0.2, -0.15) is 0 Å². The Morgan fingerprint density at radius 2 is 2.10 bits per heavy atom. The molecule has 0 bridgehead atoms. The third-order valence-corrected chi connectivity index (χ3v) is 0.894. The van der Waals surface area contributed by atoms with Crippen LogP contribution in [0.1, 0.15) is 20.8 Å². The van der Waals surface area contributed by atoms with Crippen LogP contribution in [-0.2, 0) is 0 Å². The first-order valence-electron chi connectivity index (χ1n) is 3.61. The number of hydrogen-bond acceptors (Lipinski definition) is 2. The van der Waals surface area contributed by atoms with Crippen LogP contribution >= 0.6 is 0 Å². The van der Waals surface area contributed by atoms with E-state index in [-0.39, 0.29) is 0 Å². The Hall–Kier alpha value is -0.630. The maximum atomic E-state index is 3.74. The highest BCUT2D eigenvalue weighted by atomic mass is 14.9. The number of allylic oxidation sites excluding steroid dienone is 1. The van der Waals surface area contributed by atoms with E-state index in [1.165, 1.54) is 0 Å². The van der Waals surface area contributed by atoms with E-state index in [2.05, 4.69) is 17.0 Å². The van der Waals surface area contributed by atoms with Crippen molar-refractivity contribution in [3.05, 3.63) is 11.8 Å². The molecular weight excluding hydrogens is 124 g/mol. The van der Waals surface area contributed by atoms with E-state index in [1.807, 2.05) is 33.9 Å². The molecule has 0 atom stereocenters. The summed E-state index contributed by atoms with van der Waals surface area (Å²) in [6.45, 7) is 10.1. The average Bonchev–Trinajstić information content (AvgIpc) is 2.04. The molecule has 0 aromatic heterocycles. The van der Waals surface area contributed by atoms with Gasteiger partial charge in [0.25, 0.3) is 0 Å². The second-order valence-electron chi connectivity index (χ2n) is 1.47. The first-order chi connectivity index (χ1) is 4.85. The normalized spacial score (nSPS) is 9.80. The fraction of sp³-hybridized carbons (Fsp3) is 0.625. The molecule has 0 unspecified atom stereocenters. The molecule has 0 spiro atoms. The lowest BCUT2D eigenvalue weighted by Crippen LogP contribution is -2.08. The van der Waals surface area contributed by atoms with Crippen molar-refractivity contribution in [3.8, 4) is 0 Å². The van der Waals surface area contributed by atoms with Gasteiger partial charge in [-0.05, 0) is 20.7 Å². The number of likely N-dealkylation sites (N-methyl/N-ethyl adjacent to an activating group) is 1. The van der Waals surface area contributed by atoms with Gasteiger partial charge in [-0.25, -0.2) is 0 Å². The van der Waals surface area contributed by atoms with Crippen LogP contribution in [-0.4, -0.2) is 20.3 Å². The molecule has 0 saturated carbocycles. The third-order valence-electron chi connectivity index (χ3n) is 0.894. The maximum absolute atomic E-state index is 3.74. The van der Waals surface area contributed by atoms with Gasteiger partial charge in [-0.15, -0.1) is 0 Å². The van der Waals surface area contributed by atoms with E-state index in [9.17, 15) is 0 Å². The second kappa shape index (κ2) is 11.2. The van der Waals surface area contributed by atoms with Crippen molar-refractivity contribution in [2.45, 2.75) is 20.8 Å². The smallest absolute Gasteiger partial charge is 0.0491 e. The van der Waals surface area contributed by atoms with Crippen LogP contribution in [0.15, 0.2) is 16.8 Å². The van der Waals surface area contributed by atoms with Gasteiger partial charge in [0.05, 0.1) is 0 Å². The minimum Gasteiger partial charge on any atom is -0.314 e. The molecule has 0 rings (SSSR count). The Morgan fingerprint density at radius 3 is 2.20 bits per heavy atom. The van der Waals surface area contributed by atoms with Gasteiger partial charge in [0, 0.05) is 12.2 Å². The molecule has 0 aliphatic carbocycles. The van der Waals surface area contributed by atoms with Crippen LogP contribution in [0.4, 0.5) is 0 Å². The Morgan fingerprint density at radius 1 is 1.60 bits per heavy atom. The molecule has 1 N–H and O–H groups in total. The van der Waals surface area contributed by atoms with Crippen LogP contribution in [0.25, 0.3) is 0 Å². The van der Waals surface area contributed by atoms with E-state index < -0.39 is 0 Å². The highest BCUT2D eigenvalue weighted by Crippen LogP contribution is 1.89. The number of aliphatic imine (C=N–C) groups is 1. The number of hydrogen-bond donors (Lipinski definition) is 1. The van der Waals surface area contributed by atoms with Crippen molar-refractivity contribution in [3.63, 3.8) is 0 Å². The van der Waals surface area contributed by atoms with Crippen molar-refractivity contribution in [2.24, 2.45) is 4.99 Å². The highest BCUT2D eigenvalue weighted by molar-refractivity contribution is 5.29. The quantitative estimate of drug-likeness (QED) is 0.597. The first kappa shape index (κ1) is 12.1. The summed E-state index contributed by atoms with van der Waals surface area (Å²) >= 11 is 0. The van der Waals surface area contributed by atoms with Crippen LogP contribution in [0.2, 0.25) is 0 Å². The molecule has 0 aliphatic heterocycles. The van der Waals surface area contributed by atoms with E-state index in [4.69, 9.17) is 0 Å². The zero-order valence-electron chi connectivity index (χ0n) is 7.44. The van der Waals surface area contributed by atoms with Crippen LogP contribution in [0.5, 0.6) is 0 Å². The number of nitrogens with one attached hydrogen (secondary N) is 1. The summed E-state index contributed by atoms with van der Waals surface area (Å²) in [5.74, 6) is 0. The topological polar surface area (TPSA) is 24.4 Å². The number of rotatable bonds is 3. The van der Waals surface area contributed by atoms with Gasteiger partial charge < -0.3 is 5.32 Å². The third kappa shape index (κ3) is 7.37. The molecule has 2 nitrogen and oxygen atoms in total. The average molecular weight is 142 g/mol. The second-order valence-corrected chi connectivity index (χ2v) is 1.47. The molecule has 0 aromatic rings. The molecule has 0 aromatic carbocycles. The largest absolute Gasteiger partial charge is 0.314 e. The van der Waals surface area contributed by atoms with Crippen molar-refractivity contribution < 1.29 is 0 Å². The van der Waals surface area contributed by atoms with Crippen LogP contribution in [0, 0.1) is 0 Å². The van der Waals surface area contributed by atoms with Gasteiger partial charge >= 0.3 is 0 Å². The molecule has 0 aliphatic rings. The van der Waals surface area contributed by atoms with Crippen molar-refractivity contribution in [1.29, 1.82) is 0 Å². The van der Waals surface area contributed by atoms with E-state index in [0.717, 1.165) is 12.2 Å².